The van der Waals surface area contributed by atoms with Crippen molar-refractivity contribution in [2.75, 3.05) is 13.1 Å². The number of carbonyl (C=O) groups is 1. The molecule has 0 aromatic heterocycles. The number of amides is 1. The maximum absolute atomic E-state index is 12.0. The van der Waals surface area contributed by atoms with Crippen LogP contribution in [-0.4, -0.2) is 29.0 Å². The van der Waals surface area contributed by atoms with Gasteiger partial charge in [0.25, 0.3) is 0 Å². The summed E-state index contributed by atoms with van der Waals surface area (Å²) in [6.45, 7) is 5.89. The van der Waals surface area contributed by atoms with Crippen molar-refractivity contribution in [1.29, 1.82) is 0 Å². The third-order valence-electron chi connectivity index (χ3n) is 3.80. The zero-order chi connectivity index (χ0) is 13.8. The number of rotatable bonds is 3. The number of phenols is 1. The maximum atomic E-state index is 12.0. The maximum Gasteiger partial charge on any atom is 0.222 e. The standard InChI is InChI=1S/C16H23NO2/c1-12(2)11-16(19)17-9-7-14(8-10-17)13-3-5-15(18)6-4-13/h3-6,12,14,18H,7-11H2,1-2H3. The highest BCUT2D eigenvalue weighted by atomic mass is 16.3. The second-order valence-corrected chi connectivity index (χ2v) is 5.84. The van der Waals surface area contributed by atoms with Crippen molar-refractivity contribution in [2.24, 2.45) is 5.92 Å². The van der Waals surface area contributed by atoms with Crippen LogP contribution in [0.5, 0.6) is 5.75 Å². The molecule has 0 bridgehead atoms. The van der Waals surface area contributed by atoms with Gasteiger partial charge in [-0.2, -0.15) is 0 Å². The predicted octanol–water partition coefficient (Wildman–Crippen LogP) is 3.14. The Hall–Kier alpha value is -1.51. The Morgan fingerprint density at radius 1 is 1.26 bits per heavy atom. The van der Waals surface area contributed by atoms with Gasteiger partial charge in [-0.05, 0) is 42.4 Å². The number of likely N-dealkylation sites (tertiary alicyclic amines) is 1. The van der Waals surface area contributed by atoms with Crippen LogP contribution in [0.3, 0.4) is 0 Å². The number of nitrogens with zero attached hydrogens (tertiary/aromatic N) is 1. The number of benzene rings is 1. The van der Waals surface area contributed by atoms with Gasteiger partial charge in [0, 0.05) is 19.5 Å². The molecule has 1 amide bonds. The van der Waals surface area contributed by atoms with Gasteiger partial charge >= 0.3 is 0 Å². The third-order valence-corrected chi connectivity index (χ3v) is 3.80. The van der Waals surface area contributed by atoms with Gasteiger partial charge in [0.1, 0.15) is 5.75 Å². The van der Waals surface area contributed by atoms with Crippen molar-refractivity contribution in [1.82, 2.24) is 4.90 Å². The lowest BCUT2D eigenvalue weighted by molar-refractivity contribution is -0.133. The largest absolute Gasteiger partial charge is 0.508 e. The Balaban J connectivity index is 1.88. The first kappa shape index (κ1) is 13.9. The van der Waals surface area contributed by atoms with E-state index in [2.05, 4.69) is 13.8 Å². The summed E-state index contributed by atoms with van der Waals surface area (Å²) in [7, 11) is 0. The van der Waals surface area contributed by atoms with Crippen LogP contribution in [0.15, 0.2) is 24.3 Å². The molecule has 104 valence electrons. The molecule has 1 saturated heterocycles. The molecule has 3 nitrogen and oxygen atoms in total. The number of carbonyl (C=O) groups excluding carboxylic acids is 1. The first-order valence-electron chi connectivity index (χ1n) is 7.13. The minimum Gasteiger partial charge on any atom is -0.508 e. The topological polar surface area (TPSA) is 40.5 Å². The Morgan fingerprint density at radius 2 is 1.84 bits per heavy atom. The molecule has 1 fully saturated rings. The van der Waals surface area contributed by atoms with Gasteiger partial charge in [0.05, 0.1) is 0 Å². The summed E-state index contributed by atoms with van der Waals surface area (Å²) in [5.41, 5.74) is 1.27. The minimum absolute atomic E-state index is 0.291. The van der Waals surface area contributed by atoms with Gasteiger partial charge in [-0.1, -0.05) is 26.0 Å². The Bertz CT molecular complexity index is 417. The fourth-order valence-corrected chi connectivity index (χ4v) is 2.69. The summed E-state index contributed by atoms with van der Waals surface area (Å²) in [4.78, 5) is 14.0. The third kappa shape index (κ3) is 3.72. The Morgan fingerprint density at radius 3 is 2.37 bits per heavy atom. The molecule has 1 aromatic carbocycles. The van der Waals surface area contributed by atoms with Gasteiger partial charge in [-0.15, -0.1) is 0 Å². The minimum atomic E-state index is 0.291. The first-order chi connectivity index (χ1) is 9.06. The highest BCUT2D eigenvalue weighted by molar-refractivity contribution is 5.76. The molecule has 1 heterocycles. The van der Waals surface area contributed by atoms with Gasteiger partial charge in [-0.25, -0.2) is 0 Å². The average molecular weight is 261 g/mol. The lowest BCUT2D eigenvalue weighted by atomic mass is 9.89. The molecule has 1 aliphatic rings. The van der Waals surface area contributed by atoms with E-state index in [-0.39, 0.29) is 0 Å². The van der Waals surface area contributed by atoms with Crippen LogP contribution in [0, 0.1) is 5.92 Å². The van der Waals surface area contributed by atoms with Crippen molar-refractivity contribution in [2.45, 2.75) is 39.0 Å². The second-order valence-electron chi connectivity index (χ2n) is 5.84. The lowest BCUT2D eigenvalue weighted by Crippen LogP contribution is -2.38. The highest BCUT2D eigenvalue weighted by Crippen LogP contribution is 2.29. The summed E-state index contributed by atoms with van der Waals surface area (Å²) < 4.78 is 0. The number of aromatic hydroxyl groups is 1. The normalized spacial score (nSPS) is 16.9. The Kier molecular flexibility index (Phi) is 4.46. The predicted molar refractivity (Wildman–Crippen MR) is 76.1 cm³/mol. The molecule has 0 atom stereocenters. The molecule has 0 aliphatic carbocycles. The summed E-state index contributed by atoms with van der Waals surface area (Å²) in [6, 6.07) is 7.47. The van der Waals surface area contributed by atoms with Crippen molar-refractivity contribution >= 4 is 5.91 Å². The van der Waals surface area contributed by atoms with Crippen LogP contribution in [0.2, 0.25) is 0 Å². The quantitative estimate of drug-likeness (QED) is 0.908. The zero-order valence-electron chi connectivity index (χ0n) is 11.8. The average Bonchev–Trinajstić information content (AvgIpc) is 2.39. The molecule has 19 heavy (non-hydrogen) atoms. The number of phenolic OH excluding ortho intramolecular Hbond substituents is 1. The number of piperidine rings is 1. The molecule has 0 saturated carbocycles. The molecular formula is C16H23NO2. The van der Waals surface area contributed by atoms with E-state index < -0.39 is 0 Å². The van der Waals surface area contributed by atoms with E-state index in [4.69, 9.17) is 0 Å². The van der Waals surface area contributed by atoms with Crippen LogP contribution >= 0.6 is 0 Å². The van der Waals surface area contributed by atoms with Gasteiger partial charge in [0.2, 0.25) is 5.91 Å². The molecule has 0 spiro atoms. The molecule has 0 radical (unpaired) electrons. The number of hydrogen-bond donors (Lipinski definition) is 1. The van der Waals surface area contributed by atoms with Crippen molar-refractivity contribution < 1.29 is 9.90 Å². The lowest BCUT2D eigenvalue weighted by Gasteiger charge is -2.32. The molecule has 2 rings (SSSR count). The monoisotopic (exact) mass is 261 g/mol. The van der Waals surface area contributed by atoms with Gasteiger partial charge in [0.15, 0.2) is 0 Å². The van der Waals surface area contributed by atoms with Crippen LogP contribution in [0.1, 0.15) is 44.6 Å². The zero-order valence-corrected chi connectivity index (χ0v) is 11.8. The van der Waals surface area contributed by atoms with Crippen molar-refractivity contribution in [3.63, 3.8) is 0 Å². The molecule has 1 N–H and O–H groups in total. The number of hydrogen-bond acceptors (Lipinski definition) is 2. The van der Waals surface area contributed by atoms with E-state index in [0.717, 1.165) is 25.9 Å². The van der Waals surface area contributed by atoms with Crippen molar-refractivity contribution in [3.8, 4) is 5.75 Å². The first-order valence-corrected chi connectivity index (χ1v) is 7.13. The summed E-state index contributed by atoms with van der Waals surface area (Å²) in [5, 5.41) is 9.30. The summed E-state index contributed by atoms with van der Waals surface area (Å²) >= 11 is 0. The molecule has 1 aliphatic heterocycles. The van der Waals surface area contributed by atoms with E-state index in [1.807, 2.05) is 17.0 Å². The summed E-state index contributed by atoms with van der Waals surface area (Å²) in [6.07, 6.45) is 2.70. The van der Waals surface area contributed by atoms with Gasteiger partial charge < -0.3 is 10.0 Å². The van der Waals surface area contributed by atoms with Crippen molar-refractivity contribution in [3.05, 3.63) is 29.8 Å². The van der Waals surface area contributed by atoms with E-state index in [1.54, 1.807) is 12.1 Å². The van der Waals surface area contributed by atoms with E-state index in [0.29, 0.717) is 29.9 Å². The SMILES string of the molecule is CC(C)CC(=O)N1CCC(c2ccc(O)cc2)CC1. The van der Waals surface area contributed by atoms with Gasteiger partial charge in [-0.3, -0.25) is 4.79 Å². The molecular weight excluding hydrogens is 238 g/mol. The summed E-state index contributed by atoms with van der Waals surface area (Å²) in [5.74, 6) is 1.55. The highest BCUT2D eigenvalue weighted by Gasteiger charge is 2.23. The van der Waals surface area contributed by atoms with E-state index >= 15 is 0 Å². The van der Waals surface area contributed by atoms with E-state index in [1.165, 1.54) is 5.56 Å². The van der Waals surface area contributed by atoms with E-state index in [9.17, 15) is 9.90 Å². The molecule has 1 aromatic rings. The fourth-order valence-electron chi connectivity index (χ4n) is 2.69. The van der Waals surface area contributed by atoms with Crippen LogP contribution < -0.4 is 0 Å². The fraction of sp³-hybridized carbons (Fsp3) is 0.562. The van der Waals surface area contributed by atoms with Crippen LogP contribution in [0.4, 0.5) is 0 Å². The Labute approximate surface area is 115 Å². The molecule has 0 unspecified atom stereocenters. The van der Waals surface area contributed by atoms with Crippen LogP contribution in [0.25, 0.3) is 0 Å². The van der Waals surface area contributed by atoms with Crippen LogP contribution in [-0.2, 0) is 4.79 Å². The second kappa shape index (κ2) is 6.09. The smallest absolute Gasteiger partial charge is 0.222 e. The molecule has 3 heteroatoms.